The molecule has 2 amide bonds. The number of nitrogens with one attached hydrogen (secondary N) is 4. The molecular formula is C25H25N7O3. The zero-order valence-corrected chi connectivity index (χ0v) is 19.4. The molecule has 3 heterocycles. The van der Waals surface area contributed by atoms with Crippen LogP contribution in [-0.2, 0) is 4.79 Å². The fraction of sp³-hybridized carbons (Fsp3) is 0.200. The molecule has 10 nitrogen and oxygen atoms in total. The summed E-state index contributed by atoms with van der Waals surface area (Å²) in [5, 5.41) is 9.85. The number of aromatic nitrogens is 4. The molecular weight excluding hydrogens is 446 g/mol. The van der Waals surface area contributed by atoms with Crippen LogP contribution in [0, 0.1) is 0 Å². The molecule has 0 fully saturated rings. The first-order valence-corrected chi connectivity index (χ1v) is 11.3. The van der Waals surface area contributed by atoms with Crippen molar-refractivity contribution in [1.82, 2.24) is 25.3 Å². The highest BCUT2D eigenvalue weighted by Gasteiger charge is 2.16. The van der Waals surface area contributed by atoms with E-state index in [1.54, 1.807) is 55.8 Å². The fourth-order valence-corrected chi connectivity index (χ4v) is 3.52. The minimum atomic E-state index is -0.302. The Morgan fingerprint density at radius 1 is 1.06 bits per heavy atom. The van der Waals surface area contributed by atoms with Crippen LogP contribution >= 0.6 is 0 Å². The molecule has 4 rings (SSSR count). The van der Waals surface area contributed by atoms with Crippen molar-refractivity contribution in [2.24, 2.45) is 0 Å². The van der Waals surface area contributed by atoms with E-state index in [9.17, 15) is 14.4 Å². The van der Waals surface area contributed by atoms with Gasteiger partial charge in [0.2, 0.25) is 5.91 Å². The second-order valence-electron chi connectivity index (χ2n) is 7.80. The predicted octanol–water partition coefficient (Wildman–Crippen LogP) is 3.61. The summed E-state index contributed by atoms with van der Waals surface area (Å²) in [5.41, 5.74) is 2.22. The van der Waals surface area contributed by atoms with Crippen LogP contribution in [0.1, 0.15) is 37.0 Å². The Morgan fingerprint density at radius 2 is 1.86 bits per heavy atom. The number of carbonyl (C=O) groups is 2. The van der Waals surface area contributed by atoms with Crippen molar-refractivity contribution >= 4 is 39.8 Å². The van der Waals surface area contributed by atoms with E-state index in [1.165, 1.54) is 6.33 Å². The number of benzene rings is 1. The molecule has 0 aliphatic carbocycles. The van der Waals surface area contributed by atoms with E-state index in [2.05, 4.69) is 35.9 Å². The number of anilines is 3. The first-order valence-electron chi connectivity index (χ1n) is 11.3. The molecule has 3 aromatic heterocycles. The second kappa shape index (κ2) is 10.6. The number of hydrogen-bond acceptors (Lipinski definition) is 7. The van der Waals surface area contributed by atoms with E-state index in [0.29, 0.717) is 51.3 Å². The van der Waals surface area contributed by atoms with Gasteiger partial charge in [0.25, 0.3) is 11.5 Å². The van der Waals surface area contributed by atoms with Gasteiger partial charge < -0.3 is 20.9 Å². The Bertz CT molecular complexity index is 1430. The van der Waals surface area contributed by atoms with Crippen LogP contribution in [0.15, 0.2) is 60.0 Å². The molecule has 0 spiro atoms. The van der Waals surface area contributed by atoms with Gasteiger partial charge in [0.1, 0.15) is 12.1 Å². The Hall–Kier alpha value is -4.60. The Morgan fingerprint density at radius 3 is 2.60 bits per heavy atom. The lowest BCUT2D eigenvalue weighted by molar-refractivity contribution is -0.115. The van der Waals surface area contributed by atoms with Crippen LogP contribution in [-0.4, -0.2) is 38.3 Å². The Labute approximate surface area is 201 Å². The summed E-state index contributed by atoms with van der Waals surface area (Å²) in [5.74, 6) is -0.187. The number of hydrogen-bond donors (Lipinski definition) is 4. The maximum absolute atomic E-state index is 12.7. The molecule has 10 heteroatoms. The summed E-state index contributed by atoms with van der Waals surface area (Å²) < 4.78 is 0. The van der Waals surface area contributed by atoms with Crippen molar-refractivity contribution in [2.75, 3.05) is 17.2 Å². The van der Waals surface area contributed by atoms with E-state index in [-0.39, 0.29) is 23.8 Å². The number of pyridine rings is 2. The number of amides is 2. The molecule has 35 heavy (non-hydrogen) atoms. The number of nitrogens with zero attached hydrogens (tertiary/aromatic N) is 3. The lowest BCUT2D eigenvalue weighted by atomic mass is 10.1. The number of aromatic amines is 1. The number of carbonyl (C=O) groups excluding carboxylic acids is 2. The van der Waals surface area contributed by atoms with E-state index in [1.807, 2.05) is 6.92 Å². The van der Waals surface area contributed by atoms with Crippen molar-refractivity contribution in [3.8, 4) is 11.3 Å². The normalized spacial score (nSPS) is 10.7. The second-order valence-corrected chi connectivity index (χ2v) is 7.80. The third kappa shape index (κ3) is 5.32. The molecule has 0 saturated carbocycles. The summed E-state index contributed by atoms with van der Waals surface area (Å²) in [6, 6.07) is 8.55. The topological polar surface area (TPSA) is 142 Å². The van der Waals surface area contributed by atoms with Crippen LogP contribution in [0.4, 0.5) is 17.2 Å². The fourth-order valence-electron chi connectivity index (χ4n) is 3.52. The average Bonchev–Trinajstić information content (AvgIpc) is 2.87. The van der Waals surface area contributed by atoms with Gasteiger partial charge in [0.05, 0.1) is 22.3 Å². The van der Waals surface area contributed by atoms with Crippen LogP contribution in [0.25, 0.3) is 22.0 Å². The van der Waals surface area contributed by atoms with E-state index in [4.69, 9.17) is 0 Å². The smallest absolute Gasteiger partial charge is 0.259 e. The highest BCUT2D eigenvalue weighted by Crippen LogP contribution is 2.29. The van der Waals surface area contributed by atoms with Gasteiger partial charge >= 0.3 is 0 Å². The molecule has 0 aliphatic rings. The van der Waals surface area contributed by atoms with Gasteiger partial charge in [-0.15, -0.1) is 0 Å². The van der Waals surface area contributed by atoms with Gasteiger partial charge in [-0.05, 0) is 42.1 Å². The average molecular weight is 472 g/mol. The van der Waals surface area contributed by atoms with E-state index in [0.717, 1.165) is 6.42 Å². The predicted molar refractivity (Wildman–Crippen MR) is 135 cm³/mol. The van der Waals surface area contributed by atoms with Crippen molar-refractivity contribution in [1.29, 1.82) is 0 Å². The van der Waals surface area contributed by atoms with Gasteiger partial charge in [-0.2, -0.15) is 0 Å². The summed E-state index contributed by atoms with van der Waals surface area (Å²) in [6.45, 7) is 4.21. The minimum Gasteiger partial charge on any atom is -0.352 e. The summed E-state index contributed by atoms with van der Waals surface area (Å²) >= 11 is 0. The molecule has 1 aromatic carbocycles. The van der Waals surface area contributed by atoms with Crippen molar-refractivity contribution < 1.29 is 9.59 Å². The zero-order chi connectivity index (χ0) is 24.8. The quantitative estimate of drug-likeness (QED) is 0.307. The van der Waals surface area contributed by atoms with Gasteiger partial charge in [-0.3, -0.25) is 14.4 Å². The SMILES string of the molecule is CCCNC(=O)c1ccc(Nc2nc(-c3cncnc3)cc3cc[nH]c(=O)c23)cc1NC(=O)CC. The summed E-state index contributed by atoms with van der Waals surface area (Å²) in [6.07, 6.45) is 7.33. The van der Waals surface area contributed by atoms with Crippen LogP contribution in [0.2, 0.25) is 0 Å². The highest BCUT2D eigenvalue weighted by molar-refractivity contribution is 6.04. The monoisotopic (exact) mass is 471 g/mol. The summed E-state index contributed by atoms with van der Waals surface area (Å²) in [4.78, 5) is 52.9. The van der Waals surface area contributed by atoms with Crippen molar-refractivity contribution in [3.63, 3.8) is 0 Å². The van der Waals surface area contributed by atoms with Crippen molar-refractivity contribution in [2.45, 2.75) is 26.7 Å². The first kappa shape index (κ1) is 23.6. The van der Waals surface area contributed by atoms with E-state index >= 15 is 0 Å². The molecule has 0 radical (unpaired) electrons. The Balaban J connectivity index is 1.79. The van der Waals surface area contributed by atoms with Gasteiger partial charge in [0.15, 0.2) is 0 Å². The third-order valence-corrected chi connectivity index (χ3v) is 5.27. The number of fused-ring (bicyclic) bond motifs is 1. The largest absolute Gasteiger partial charge is 0.352 e. The molecule has 0 aliphatic heterocycles. The van der Waals surface area contributed by atoms with Crippen molar-refractivity contribution in [3.05, 3.63) is 71.2 Å². The maximum Gasteiger partial charge on any atom is 0.259 e. The number of rotatable bonds is 8. The number of H-pyrrole nitrogens is 1. The molecule has 0 bridgehead atoms. The lowest BCUT2D eigenvalue weighted by Crippen LogP contribution is -2.25. The molecule has 0 atom stereocenters. The minimum absolute atomic E-state index is 0.224. The first-order chi connectivity index (χ1) is 17.0. The third-order valence-electron chi connectivity index (χ3n) is 5.27. The molecule has 178 valence electrons. The molecule has 4 aromatic rings. The van der Waals surface area contributed by atoms with Gasteiger partial charge in [0, 0.05) is 42.8 Å². The van der Waals surface area contributed by atoms with Gasteiger partial charge in [-0.25, -0.2) is 15.0 Å². The van der Waals surface area contributed by atoms with Gasteiger partial charge in [-0.1, -0.05) is 13.8 Å². The summed E-state index contributed by atoms with van der Waals surface area (Å²) in [7, 11) is 0. The molecule has 0 saturated heterocycles. The highest BCUT2D eigenvalue weighted by atomic mass is 16.2. The zero-order valence-electron chi connectivity index (χ0n) is 19.4. The molecule has 0 unspecified atom stereocenters. The molecule has 4 N–H and O–H groups in total. The van der Waals surface area contributed by atoms with Crippen LogP contribution in [0.5, 0.6) is 0 Å². The van der Waals surface area contributed by atoms with Crippen LogP contribution < -0.4 is 21.5 Å². The maximum atomic E-state index is 12.7. The lowest BCUT2D eigenvalue weighted by Gasteiger charge is -2.15. The standard InChI is InChI=1S/C25H25N7O3/c1-3-8-28-24(34)18-6-5-17(11-20(18)31-21(33)4-2)30-23-22-15(7-9-29-25(22)35)10-19(32-23)16-12-26-14-27-13-16/h5-7,9-14H,3-4,8H2,1-2H3,(H,28,34)(H,29,35)(H,30,32)(H,31,33). The van der Waals surface area contributed by atoms with Crippen LogP contribution in [0.3, 0.4) is 0 Å². The Kier molecular flexibility index (Phi) is 7.10. The van der Waals surface area contributed by atoms with E-state index < -0.39 is 0 Å².